The highest BCUT2D eigenvalue weighted by atomic mass is 19.3. The number of hydrogen-bond acceptors (Lipinski definition) is 4. The monoisotopic (exact) mass is 399 g/mol. The van der Waals surface area contributed by atoms with E-state index in [1.165, 1.54) is 18.5 Å². The molecule has 1 aliphatic rings. The van der Waals surface area contributed by atoms with Crippen molar-refractivity contribution in [3.05, 3.63) is 71.1 Å². The number of alkyl halides is 2. The van der Waals surface area contributed by atoms with Gasteiger partial charge < -0.3 is 15.2 Å². The molecular formula is C21H20F3N5. The molecule has 4 rings (SSSR count). The predicted molar refractivity (Wildman–Crippen MR) is 107 cm³/mol. The Morgan fingerprint density at radius 2 is 1.93 bits per heavy atom. The van der Waals surface area contributed by atoms with Crippen molar-refractivity contribution in [3.8, 4) is 0 Å². The minimum Gasteiger partial charge on any atom is -0.363 e. The molecule has 3 aromatic rings. The number of H-pyrrole nitrogens is 1. The van der Waals surface area contributed by atoms with Gasteiger partial charge in [0.15, 0.2) is 0 Å². The zero-order valence-electron chi connectivity index (χ0n) is 16.0. The molecule has 1 atom stereocenters. The lowest BCUT2D eigenvalue weighted by atomic mass is 10.0. The van der Waals surface area contributed by atoms with Gasteiger partial charge in [0.1, 0.15) is 23.8 Å². The molecule has 0 amide bonds. The molecule has 3 heterocycles. The lowest BCUT2D eigenvalue weighted by molar-refractivity contribution is 0.146. The van der Waals surface area contributed by atoms with Crippen LogP contribution in [0, 0.1) is 5.82 Å². The Balaban J connectivity index is 1.70. The van der Waals surface area contributed by atoms with Crippen LogP contribution < -0.4 is 10.2 Å². The van der Waals surface area contributed by atoms with Gasteiger partial charge >= 0.3 is 0 Å². The van der Waals surface area contributed by atoms with Crippen LogP contribution in [0.25, 0.3) is 11.6 Å². The molecule has 1 aromatic carbocycles. The maximum atomic E-state index is 14.5. The summed E-state index contributed by atoms with van der Waals surface area (Å²) in [5.74, 6) is 0.358. The SMILES string of the molecule is C[C@@H](Nc1ncnc2c1C=C(c1ccc[nH]1)CN2C)c1cccc(C(F)F)c1F. The maximum Gasteiger partial charge on any atom is 0.266 e. The van der Waals surface area contributed by atoms with E-state index in [4.69, 9.17) is 0 Å². The average molecular weight is 399 g/mol. The van der Waals surface area contributed by atoms with Crippen LogP contribution in [-0.4, -0.2) is 28.5 Å². The summed E-state index contributed by atoms with van der Waals surface area (Å²) < 4.78 is 40.6. The Labute approximate surface area is 166 Å². The molecule has 2 N–H and O–H groups in total. The Morgan fingerprint density at radius 3 is 2.66 bits per heavy atom. The predicted octanol–water partition coefficient (Wildman–Crippen LogP) is 5.04. The number of hydrogen-bond donors (Lipinski definition) is 2. The van der Waals surface area contributed by atoms with Crippen molar-refractivity contribution in [1.82, 2.24) is 15.0 Å². The molecule has 0 spiro atoms. The highest BCUT2D eigenvalue weighted by Gasteiger charge is 2.24. The van der Waals surface area contributed by atoms with Crippen LogP contribution >= 0.6 is 0 Å². The molecule has 0 aliphatic carbocycles. The smallest absolute Gasteiger partial charge is 0.266 e. The second-order valence-electron chi connectivity index (χ2n) is 6.99. The van der Waals surface area contributed by atoms with Crippen LogP contribution in [0.15, 0.2) is 42.9 Å². The molecule has 0 unspecified atom stereocenters. The summed E-state index contributed by atoms with van der Waals surface area (Å²) in [6.07, 6.45) is 2.41. The number of aromatic nitrogens is 3. The number of likely N-dealkylation sites (N-methyl/N-ethyl adjacent to an activating group) is 1. The summed E-state index contributed by atoms with van der Waals surface area (Å²) in [4.78, 5) is 13.9. The van der Waals surface area contributed by atoms with Gasteiger partial charge in [0.05, 0.1) is 17.2 Å². The van der Waals surface area contributed by atoms with E-state index in [1.807, 2.05) is 36.4 Å². The number of nitrogens with one attached hydrogen (secondary N) is 2. The van der Waals surface area contributed by atoms with Gasteiger partial charge in [-0.25, -0.2) is 23.1 Å². The first kappa shape index (κ1) is 19.0. The van der Waals surface area contributed by atoms with Gasteiger partial charge in [0, 0.05) is 31.0 Å². The molecule has 8 heteroatoms. The summed E-state index contributed by atoms with van der Waals surface area (Å²) in [7, 11) is 1.93. The molecular weight excluding hydrogens is 379 g/mol. The van der Waals surface area contributed by atoms with Crippen LogP contribution in [0.5, 0.6) is 0 Å². The molecule has 1 aliphatic heterocycles. The first-order valence-corrected chi connectivity index (χ1v) is 9.19. The zero-order chi connectivity index (χ0) is 20.5. The fraction of sp³-hybridized carbons (Fsp3) is 0.238. The van der Waals surface area contributed by atoms with Crippen molar-refractivity contribution in [2.24, 2.45) is 0 Å². The fourth-order valence-electron chi connectivity index (χ4n) is 3.54. The highest BCUT2D eigenvalue weighted by Crippen LogP contribution is 2.35. The molecule has 5 nitrogen and oxygen atoms in total. The van der Waals surface area contributed by atoms with E-state index >= 15 is 0 Å². The van der Waals surface area contributed by atoms with Crippen LogP contribution in [-0.2, 0) is 0 Å². The van der Waals surface area contributed by atoms with Crippen molar-refractivity contribution in [2.45, 2.75) is 19.4 Å². The highest BCUT2D eigenvalue weighted by molar-refractivity contribution is 5.92. The summed E-state index contributed by atoms with van der Waals surface area (Å²) in [6.45, 7) is 2.38. The van der Waals surface area contributed by atoms with Crippen molar-refractivity contribution < 1.29 is 13.2 Å². The van der Waals surface area contributed by atoms with E-state index in [9.17, 15) is 13.2 Å². The number of nitrogens with zero attached hydrogens (tertiary/aromatic N) is 3. The first-order chi connectivity index (χ1) is 14.0. The lowest BCUT2D eigenvalue weighted by Crippen LogP contribution is -2.26. The van der Waals surface area contributed by atoms with Gasteiger partial charge in [-0.2, -0.15) is 0 Å². The van der Waals surface area contributed by atoms with Gasteiger partial charge in [0.2, 0.25) is 0 Å². The third-order valence-corrected chi connectivity index (χ3v) is 5.01. The van der Waals surface area contributed by atoms with Crippen LogP contribution in [0.2, 0.25) is 0 Å². The Morgan fingerprint density at radius 1 is 1.14 bits per heavy atom. The standard InChI is InChI=1S/C21H20F3N5/c1-12(14-5-3-6-15(18(14)22)19(23)24)28-20-16-9-13(17-7-4-8-25-17)10-29(2)21(16)27-11-26-20/h3-9,11-12,19,25H,10H2,1-2H3,(H,26,27,28)/t12-/m1/s1. The molecule has 0 fully saturated rings. The zero-order valence-corrected chi connectivity index (χ0v) is 16.0. The minimum atomic E-state index is -2.87. The second-order valence-corrected chi connectivity index (χ2v) is 6.99. The average Bonchev–Trinajstić information content (AvgIpc) is 3.23. The van der Waals surface area contributed by atoms with Crippen LogP contribution in [0.1, 0.15) is 41.8 Å². The van der Waals surface area contributed by atoms with Crippen LogP contribution in [0.3, 0.4) is 0 Å². The van der Waals surface area contributed by atoms with Crippen molar-refractivity contribution in [2.75, 3.05) is 23.8 Å². The van der Waals surface area contributed by atoms with Gasteiger partial charge in [0.25, 0.3) is 6.43 Å². The van der Waals surface area contributed by atoms with Crippen LogP contribution in [0.4, 0.5) is 24.8 Å². The third kappa shape index (κ3) is 3.57. The number of fused-ring (bicyclic) bond motifs is 1. The molecule has 150 valence electrons. The van der Waals surface area contributed by atoms with E-state index < -0.39 is 23.8 Å². The molecule has 0 saturated carbocycles. The molecule has 0 radical (unpaired) electrons. The van der Waals surface area contributed by atoms with Gasteiger partial charge in [-0.1, -0.05) is 18.2 Å². The van der Waals surface area contributed by atoms with Crippen molar-refractivity contribution in [3.63, 3.8) is 0 Å². The van der Waals surface area contributed by atoms with E-state index in [1.54, 1.807) is 6.92 Å². The number of rotatable bonds is 5. The topological polar surface area (TPSA) is 56.8 Å². The summed E-state index contributed by atoms with van der Waals surface area (Å²) in [5.41, 5.74) is 2.37. The summed E-state index contributed by atoms with van der Waals surface area (Å²) >= 11 is 0. The molecule has 29 heavy (non-hydrogen) atoms. The lowest BCUT2D eigenvalue weighted by Gasteiger charge is -2.28. The van der Waals surface area contributed by atoms with Crippen molar-refractivity contribution in [1.29, 1.82) is 0 Å². The van der Waals surface area contributed by atoms with Crippen molar-refractivity contribution >= 4 is 23.3 Å². The molecule has 0 saturated heterocycles. The second kappa shape index (κ2) is 7.62. The largest absolute Gasteiger partial charge is 0.363 e. The van der Waals surface area contributed by atoms with E-state index in [2.05, 4.69) is 20.3 Å². The van der Waals surface area contributed by atoms with Gasteiger partial charge in [-0.05, 0) is 30.7 Å². The summed E-state index contributed by atoms with van der Waals surface area (Å²) in [5, 5.41) is 3.16. The molecule has 0 bridgehead atoms. The van der Waals surface area contributed by atoms with E-state index in [0.29, 0.717) is 12.4 Å². The Hall–Kier alpha value is -3.29. The Kier molecular flexibility index (Phi) is 5.00. The minimum absolute atomic E-state index is 0.160. The fourth-order valence-corrected chi connectivity index (χ4v) is 3.54. The maximum absolute atomic E-state index is 14.5. The Bertz CT molecular complexity index is 1050. The van der Waals surface area contributed by atoms with Gasteiger partial charge in [-0.3, -0.25) is 0 Å². The first-order valence-electron chi connectivity index (χ1n) is 9.19. The van der Waals surface area contributed by atoms with Gasteiger partial charge in [-0.15, -0.1) is 0 Å². The normalized spacial score (nSPS) is 14.6. The molecule has 2 aromatic heterocycles. The van der Waals surface area contributed by atoms with E-state index in [0.717, 1.165) is 28.7 Å². The number of aromatic amines is 1. The number of halogens is 3. The third-order valence-electron chi connectivity index (χ3n) is 5.01. The van der Waals surface area contributed by atoms with E-state index in [-0.39, 0.29) is 5.56 Å². The summed E-state index contributed by atoms with van der Waals surface area (Å²) in [6, 6.07) is 7.37. The number of benzene rings is 1. The number of anilines is 2. The quantitative estimate of drug-likeness (QED) is 0.631.